The molecule has 1 aromatic heterocycles. The molecule has 0 aliphatic rings. The molecule has 0 N–H and O–H groups in total. The van der Waals surface area contributed by atoms with Gasteiger partial charge in [-0.3, -0.25) is 0 Å². The van der Waals surface area contributed by atoms with Crippen molar-refractivity contribution in [1.29, 1.82) is 0 Å². The predicted octanol–water partition coefficient (Wildman–Crippen LogP) is 3.64. The molecule has 78 valence electrons. The van der Waals surface area contributed by atoms with E-state index in [4.69, 9.17) is 0 Å². The van der Waals surface area contributed by atoms with E-state index in [2.05, 4.69) is 55.2 Å². The Hall–Kier alpha value is -1.22. The van der Waals surface area contributed by atoms with Crippen LogP contribution in [0.1, 0.15) is 30.3 Å². The molecule has 0 bridgehead atoms. The lowest BCUT2D eigenvalue weighted by Crippen LogP contribution is -1.83. The summed E-state index contributed by atoms with van der Waals surface area (Å²) in [5, 5.41) is 10.5. The third kappa shape index (κ3) is 2.23. The highest BCUT2D eigenvalue weighted by atomic mass is 32.1. The first kappa shape index (κ1) is 10.3. The maximum absolute atomic E-state index is 4.22. The van der Waals surface area contributed by atoms with Gasteiger partial charge in [-0.2, -0.15) is 0 Å². The van der Waals surface area contributed by atoms with E-state index in [0.29, 0.717) is 5.92 Å². The highest BCUT2D eigenvalue weighted by Crippen LogP contribution is 2.27. The average molecular weight is 218 g/mol. The van der Waals surface area contributed by atoms with Crippen molar-refractivity contribution in [3.05, 3.63) is 34.8 Å². The van der Waals surface area contributed by atoms with Crippen LogP contribution in [0, 0.1) is 6.92 Å². The summed E-state index contributed by atoms with van der Waals surface area (Å²) in [4.78, 5) is 0. The van der Waals surface area contributed by atoms with Crippen molar-refractivity contribution in [2.75, 3.05) is 0 Å². The van der Waals surface area contributed by atoms with Crippen molar-refractivity contribution in [3.8, 4) is 10.6 Å². The molecule has 0 amide bonds. The molecule has 0 aliphatic heterocycles. The van der Waals surface area contributed by atoms with Crippen LogP contribution in [0.5, 0.6) is 0 Å². The van der Waals surface area contributed by atoms with E-state index >= 15 is 0 Å². The maximum atomic E-state index is 4.22. The van der Waals surface area contributed by atoms with E-state index in [-0.39, 0.29) is 0 Å². The van der Waals surface area contributed by atoms with E-state index in [1.165, 1.54) is 11.1 Å². The Morgan fingerprint density at radius 2 is 2.00 bits per heavy atom. The Morgan fingerprint density at radius 1 is 1.20 bits per heavy atom. The first-order valence-electron chi connectivity index (χ1n) is 5.07. The summed E-state index contributed by atoms with van der Waals surface area (Å²) in [7, 11) is 0. The first-order chi connectivity index (χ1) is 7.16. The molecule has 0 fully saturated rings. The van der Waals surface area contributed by atoms with Gasteiger partial charge in [-0.15, -0.1) is 10.2 Å². The Morgan fingerprint density at radius 3 is 2.60 bits per heavy atom. The van der Waals surface area contributed by atoms with Gasteiger partial charge in [0.25, 0.3) is 0 Å². The van der Waals surface area contributed by atoms with Crippen molar-refractivity contribution in [2.24, 2.45) is 0 Å². The van der Waals surface area contributed by atoms with Crippen LogP contribution in [0.15, 0.2) is 24.3 Å². The smallest absolute Gasteiger partial charge is 0.143 e. The second-order valence-corrected chi connectivity index (χ2v) is 4.98. The molecule has 0 aliphatic carbocycles. The van der Waals surface area contributed by atoms with Crippen LogP contribution >= 0.6 is 11.3 Å². The molecule has 15 heavy (non-hydrogen) atoms. The second kappa shape index (κ2) is 4.11. The minimum atomic E-state index is 0.459. The van der Waals surface area contributed by atoms with Crippen LogP contribution in [-0.4, -0.2) is 10.2 Å². The Balaban J connectivity index is 2.37. The lowest BCUT2D eigenvalue weighted by atomic mass is 10.1. The van der Waals surface area contributed by atoms with E-state index in [9.17, 15) is 0 Å². The van der Waals surface area contributed by atoms with Gasteiger partial charge >= 0.3 is 0 Å². The fourth-order valence-corrected chi connectivity index (χ4v) is 2.20. The molecule has 1 heterocycles. The van der Waals surface area contributed by atoms with Gasteiger partial charge in [0.2, 0.25) is 0 Å². The fraction of sp³-hybridized carbons (Fsp3) is 0.333. The zero-order valence-electron chi connectivity index (χ0n) is 9.19. The molecule has 0 spiro atoms. The van der Waals surface area contributed by atoms with Crippen LogP contribution < -0.4 is 0 Å². The average Bonchev–Trinajstić information content (AvgIpc) is 2.66. The number of aryl methyl sites for hydroxylation is 1. The highest BCUT2D eigenvalue weighted by Gasteiger charge is 2.08. The molecule has 2 nitrogen and oxygen atoms in total. The number of benzene rings is 1. The molecule has 0 atom stereocenters. The number of hydrogen-bond acceptors (Lipinski definition) is 3. The van der Waals surface area contributed by atoms with E-state index in [1.807, 2.05) is 0 Å². The van der Waals surface area contributed by atoms with Crippen LogP contribution in [0.4, 0.5) is 0 Å². The van der Waals surface area contributed by atoms with Crippen LogP contribution in [0.3, 0.4) is 0 Å². The van der Waals surface area contributed by atoms with Gasteiger partial charge in [0.1, 0.15) is 10.0 Å². The Kier molecular flexibility index (Phi) is 2.82. The largest absolute Gasteiger partial charge is 0.147 e. The van der Waals surface area contributed by atoms with Crippen molar-refractivity contribution >= 4 is 11.3 Å². The van der Waals surface area contributed by atoms with Gasteiger partial charge in [-0.1, -0.05) is 48.9 Å². The standard InChI is InChI=1S/C12H14N2S/c1-8(2)11-13-14-12(15-11)10-6-4-5-9(3)7-10/h4-8H,1-3H3. The monoisotopic (exact) mass is 218 g/mol. The SMILES string of the molecule is Cc1cccc(-c2nnc(C(C)C)s2)c1. The summed E-state index contributed by atoms with van der Waals surface area (Å²) in [6, 6.07) is 8.37. The molecule has 0 saturated heterocycles. The zero-order chi connectivity index (χ0) is 10.8. The Bertz CT molecular complexity index is 460. The number of hydrogen-bond donors (Lipinski definition) is 0. The minimum absolute atomic E-state index is 0.459. The Labute approximate surface area is 94.0 Å². The van der Waals surface area contributed by atoms with Gasteiger partial charge in [0.15, 0.2) is 0 Å². The molecule has 0 radical (unpaired) electrons. The van der Waals surface area contributed by atoms with Gasteiger partial charge in [-0.25, -0.2) is 0 Å². The normalized spacial score (nSPS) is 10.9. The van der Waals surface area contributed by atoms with Gasteiger partial charge in [0, 0.05) is 11.5 Å². The summed E-state index contributed by atoms with van der Waals surface area (Å²) in [6.45, 7) is 6.37. The minimum Gasteiger partial charge on any atom is -0.143 e. The number of nitrogens with zero attached hydrogens (tertiary/aromatic N) is 2. The number of rotatable bonds is 2. The quantitative estimate of drug-likeness (QED) is 0.769. The summed E-state index contributed by atoms with van der Waals surface area (Å²) >= 11 is 1.68. The topological polar surface area (TPSA) is 25.8 Å². The highest BCUT2D eigenvalue weighted by molar-refractivity contribution is 7.14. The second-order valence-electron chi connectivity index (χ2n) is 3.97. The summed E-state index contributed by atoms with van der Waals surface area (Å²) in [5.74, 6) is 0.459. The molecule has 2 rings (SSSR count). The molecule has 0 saturated carbocycles. The fourth-order valence-electron chi connectivity index (χ4n) is 1.36. The van der Waals surface area contributed by atoms with Crippen molar-refractivity contribution in [1.82, 2.24) is 10.2 Å². The summed E-state index contributed by atoms with van der Waals surface area (Å²) in [6.07, 6.45) is 0. The van der Waals surface area contributed by atoms with Crippen molar-refractivity contribution < 1.29 is 0 Å². The summed E-state index contributed by atoms with van der Waals surface area (Å²) < 4.78 is 0. The van der Waals surface area contributed by atoms with Gasteiger partial charge in [-0.05, 0) is 13.0 Å². The predicted molar refractivity (Wildman–Crippen MR) is 64.2 cm³/mol. The molecule has 2 aromatic rings. The summed E-state index contributed by atoms with van der Waals surface area (Å²) in [5.41, 5.74) is 2.42. The number of aromatic nitrogens is 2. The lowest BCUT2D eigenvalue weighted by Gasteiger charge is -1.97. The maximum Gasteiger partial charge on any atom is 0.147 e. The van der Waals surface area contributed by atoms with Crippen LogP contribution in [-0.2, 0) is 0 Å². The lowest BCUT2D eigenvalue weighted by molar-refractivity contribution is 0.825. The van der Waals surface area contributed by atoms with E-state index in [1.54, 1.807) is 11.3 Å². The van der Waals surface area contributed by atoms with Crippen LogP contribution in [0.25, 0.3) is 10.6 Å². The third-order valence-electron chi connectivity index (χ3n) is 2.20. The molecule has 3 heteroatoms. The molecule has 1 aromatic carbocycles. The third-order valence-corrected chi connectivity index (χ3v) is 3.47. The van der Waals surface area contributed by atoms with Crippen molar-refractivity contribution in [3.63, 3.8) is 0 Å². The van der Waals surface area contributed by atoms with E-state index < -0.39 is 0 Å². The van der Waals surface area contributed by atoms with Gasteiger partial charge in [0.05, 0.1) is 0 Å². The zero-order valence-corrected chi connectivity index (χ0v) is 10.0. The van der Waals surface area contributed by atoms with Gasteiger partial charge < -0.3 is 0 Å². The first-order valence-corrected chi connectivity index (χ1v) is 5.89. The molecular formula is C12H14N2S. The molecular weight excluding hydrogens is 204 g/mol. The molecule has 0 unspecified atom stereocenters. The van der Waals surface area contributed by atoms with Crippen LogP contribution in [0.2, 0.25) is 0 Å². The van der Waals surface area contributed by atoms with Crippen molar-refractivity contribution in [2.45, 2.75) is 26.7 Å². The van der Waals surface area contributed by atoms with E-state index in [0.717, 1.165) is 10.0 Å².